The molecule has 0 radical (unpaired) electrons. The predicted octanol–water partition coefficient (Wildman–Crippen LogP) is 13.5. The number of aliphatic hydroxyl groups excluding tert-OH is 1. The molecular weight excluding hydrogens is 580 g/mol. The van der Waals surface area contributed by atoms with Gasteiger partial charge in [-0.15, -0.1) is 0 Å². The second-order valence-corrected chi connectivity index (χ2v) is 14.1. The summed E-state index contributed by atoms with van der Waals surface area (Å²) in [4.78, 5) is 12.2. The number of carbonyl (C=O) groups is 1. The van der Waals surface area contributed by atoms with Crippen LogP contribution in [0.4, 0.5) is 0 Å². The van der Waals surface area contributed by atoms with E-state index in [4.69, 9.17) is 9.47 Å². The van der Waals surface area contributed by atoms with Crippen molar-refractivity contribution >= 4 is 5.97 Å². The lowest BCUT2D eigenvalue weighted by atomic mass is 10.0. The van der Waals surface area contributed by atoms with Crippen molar-refractivity contribution in [1.82, 2.24) is 0 Å². The minimum Gasteiger partial charge on any atom is -0.457 e. The van der Waals surface area contributed by atoms with Crippen LogP contribution in [0.2, 0.25) is 0 Å². The van der Waals surface area contributed by atoms with Crippen LogP contribution in [0.15, 0.2) is 24.3 Å². The van der Waals surface area contributed by atoms with Crippen LogP contribution >= 0.6 is 0 Å². The first-order valence-electron chi connectivity index (χ1n) is 20.9. The smallest absolute Gasteiger partial charge is 0.306 e. The molecule has 0 bridgehead atoms. The first-order valence-corrected chi connectivity index (χ1v) is 20.9. The third kappa shape index (κ3) is 39.2. The molecule has 4 nitrogen and oxygen atoms in total. The van der Waals surface area contributed by atoms with Crippen LogP contribution in [0.5, 0.6) is 0 Å². The number of unbranched alkanes of at least 4 members (excludes halogenated alkanes) is 27. The van der Waals surface area contributed by atoms with Gasteiger partial charge in [-0.3, -0.25) is 4.79 Å². The van der Waals surface area contributed by atoms with Crippen molar-refractivity contribution in [3.05, 3.63) is 24.3 Å². The van der Waals surface area contributed by atoms with E-state index >= 15 is 0 Å². The average molecular weight is 663 g/mol. The third-order valence-corrected chi connectivity index (χ3v) is 9.28. The van der Waals surface area contributed by atoms with Gasteiger partial charge in [0.15, 0.2) is 0 Å². The van der Waals surface area contributed by atoms with Gasteiger partial charge in [-0.05, 0) is 44.9 Å². The van der Waals surface area contributed by atoms with Crippen LogP contribution in [0, 0.1) is 0 Å². The highest BCUT2D eigenvalue weighted by molar-refractivity contribution is 5.69. The van der Waals surface area contributed by atoms with E-state index in [1.807, 2.05) is 0 Å². The lowest BCUT2D eigenvalue weighted by Crippen LogP contribution is -2.27. The summed E-state index contributed by atoms with van der Waals surface area (Å²) in [6, 6.07) is 0. The van der Waals surface area contributed by atoms with Crippen molar-refractivity contribution in [2.75, 3.05) is 19.8 Å². The first kappa shape index (κ1) is 45.9. The zero-order valence-corrected chi connectivity index (χ0v) is 31.8. The number of esters is 1. The standard InChI is InChI=1S/C43H82O4/c1-3-5-7-9-11-13-15-17-19-21-22-23-24-26-28-30-32-34-36-38-43(45)47-42(40-44)41-46-39-37-35-33-31-29-27-25-20-18-16-14-12-10-8-6-4-2/h12,14,18,20,42,44H,3-11,13,15-17,19,21-41H2,1-2H3/b14-12-,20-18-. The number of hydrogen-bond acceptors (Lipinski definition) is 4. The summed E-state index contributed by atoms with van der Waals surface area (Å²) in [6.07, 6.45) is 49.4. The van der Waals surface area contributed by atoms with E-state index < -0.39 is 6.10 Å². The molecule has 0 heterocycles. The Bertz CT molecular complexity index is 658. The second kappa shape index (κ2) is 41.0. The lowest BCUT2D eigenvalue weighted by molar-refractivity contribution is -0.154. The summed E-state index contributed by atoms with van der Waals surface area (Å²) in [5, 5.41) is 9.59. The Balaban J connectivity index is 3.41. The molecule has 1 N–H and O–H groups in total. The number of allylic oxidation sites excluding steroid dienone is 4. The van der Waals surface area contributed by atoms with Gasteiger partial charge in [-0.1, -0.05) is 192 Å². The van der Waals surface area contributed by atoms with Crippen LogP contribution in [0.1, 0.15) is 219 Å². The van der Waals surface area contributed by atoms with Gasteiger partial charge in [0.1, 0.15) is 6.10 Å². The van der Waals surface area contributed by atoms with E-state index in [0.29, 0.717) is 19.6 Å². The highest BCUT2D eigenvalue weighted by atomic mass is 16.6. The Morgan fingerprint density at radius 2 is 0.894 bits per heavy atom. The number of hydrogen-bond donors (Lipinski definition) is 1. The molecule has 0 aromatic carbocycles. The third-order valence-electron chi connectivity index (χ3n) is 9.28. The van der Waals surface area contributed by atoms with Gasteiger partial charge >= 0.3 is 5.97 Å². The normalized spacial score (nSPS) is 12.5. The van der Waals surface area contributed by atoms with Gasteiger partial charge in [0, 0.05) is 13.0 Å². The van der Waals surface area contributed by atoms with Crippen LogP contribution in [-0.2, 0) is 14.3 Å². The van der Waals surface area contributed by atoms with Crippen LogP contribution < -0.4 is 0 Å². The van der Waals surface area contributed by atoms with Gasteiger partial charge in [0.25, 0.3) is 0 Å². The van der Waals surface area contributed by atoms with Crippen LogP contribution in [0.3, 0.4) is 0 Å². The lowest BCUT2D eigenvalue weighted by Gasteiger charge is -2.15. The molecule has 278 valence electrons. The van der Waals surface area contributed by atoms with E-state index in [2.05, 4.69) is 38.2 Å². The molecule has 47 heavy (non-hydrogen) atoms. The van der Waals surface area contributed by atoms with E-state index in [0.717, 1.165) is 25.7 Å². The van der Waals surface area contributed by atoms with Crippen molar-refractivity contribution in [2.24, 2.45) is 0 Å². The molecule has 0 aromatic heterocycles. The molecule has 0 amide bonds. The molecule has 0 rings (SSSR count). The molecule has 0 aliphatic rings. The topological polar surface area (TPSA) is 55.8 Å². The molecule has 1 atom stereocenters. The molecule has 0 aromatic rings. The fraction of sp³-hybridized carbons (Fsp3) is 0.884. The summed E-state index contributed by atoms with van der Waals surface area (Å²) < 4.78 is 11.1. The summed E-state index contributed by atoms with van der Waals surface area (Å²) in [5.41, 5.74) is 0. The molecule has 0 saturated heterocycles. The fourth-order valence-corrected chi connectivity index (χ4v) is 6.12. The van der Waals surface area contributed by atoms with Crippen molar-refractivity contribution in [1.29, 1.82) is 0 Å². The first-order chi connectivity index (χ1) is 23.2. The monoisotopic (exact) mass is 663 g/mol. The van der Waals surface area contributed by atoms with E-state index in [1.165, 1.54) is 173 Å². The van der Waals surface area contributed by atoms with E-state index in [1.54, 1.807) is 0 Å². The zero-order chi connectivity index (χ0) is 34.1. The molecule has 4 heteroatoms. The minimum absolute atomic E-state index is 0.172. The molecule has 1 unspecified atom stereocenters. The van der Waals surface area contributed by atoms with Gasteiger partial charge < -0.3 is 14.6 Å². The Morgan fingerprint density at radius 3 is 1.36 bits per heavy atom. The zero-order valence-electron chi connectivity index (χ0n) is 31.8. The number of ether oxygens (including phenoxy) is 2. The summed E-state index contributed by atoms with van der Waals surface area (Å²) >= 11 is 0. The number of rotatable bonds is 39. The van der Waals surface area contributed by atoms with Crippen LogP contribution in [-0.4, -0.2) is 37.0 Å². The Labute approximate surface area is 294 Å². The maximum absolute atomic E-state index is 12.2. The number of aliphatic hydroxyl groups is 1. The maximum atomic E-state index is 12.2. The summed E-state index contributed by atoms with van der Waals surface area (Å²) in [7, 11) is 0. The SMILES string of the molecule is CCCCC/C=C\C/C=C\CCCCCCCCOCC(CO)OC(=O)CCCCCCCCCCCCCCCCCCCCC. The van der Waals surface area contributed by atoms with E-state index in [-0.39, 0.29) is 12.6 Å². The fourth-order valence-electron chi connectivity index (χ4n) is 6.12. The quantitative estimate of drug-likeness (QED) is 0.0404. The highest BCUT2D eigenvalue weighted by Crippen LogP contribution is 2.15. The van der Waals surface area contributed by atoms with E-state index in [9.17, 15) is 9.90 Å². The van der Waals surface area contributed by atoms with Gasteiger partial charge in [0.2, 0.25) is 0 Å². The van der Waals surface area contributed by atoms with Crippen molar-refractivity contribution in [3.8, 4) is 0 Å². The summed E-state index contributed by atoms with van der Waals surface area (Å²) in [5.74, 6) is -0.201. The summed E-state index contributed by atoms with van der Waals surface area (Å²) in [6.45, 7) is 5.33. The maximum Gasteiger partial charge on any atom is 0.306 e. The van der Waals surface area contributed by atoms with Gasteiger partial charge in [0.05, 0.1) is 13.2 Å². The van der Waals surface area contributed by atoms with Crippen molar-refractivity contribution < 1.29 is 19.4 Å². The Morgan fingerprint density at radius 1 is 0.511 bits per heavy atom. The van der Waals surface area contributed by atoms with Crippen molar-refractivity contribution in [2.45, 2.75) is 225 Å². The average Bonchev–Trinajstić information content (AvgIpc) is 3.08. The molecule has 0 aliphatic carbocycles. The Kier molecular flexibility index (Phi) is 40.1. The molecule has 0 aliphatic heterocycles. The molecule has 0 spiro atoms. The van der Waals surface area contributed by atoms with Gasteiger partial charge in [-0.2, -0.15) is 0 Å². The predicted molar refractivity (Wildman–Crippen MR) is 205 cm³/mol. The Hall–Kier alpha value is -1.13. The molecule has 0 fully saturated rings. The highest BCUT2D eigenvalue weighted by Gasteiger charge is 2.13. The number of carbonyl (C=O) groups excluding carboxylic acids is 1. The second-order valence-electron chi connectivity index (χ2n) is 14.1. The van der Waals surface area contributed by atoms with Crippen LogP contribution in [0.25, 0.3) is 0 Å². The van der Waals surface area contributed by atoms with Crippen molar-refractivity contribution in [3.63, 3.8) is 0 Å². The minimum atomic E-state index is -0.535. The largest absolute Gasteiger partial charge is 0.457 e. The molecular formula is C43H82O4. The molecule has 0 saturated carbocycles. The van der Waals surface area contributed by atoms with Gasteiger partial charge in [-0.25, -0.2) is 0 Å².